The number of rotatable bonds is 4. The number of nitrogens with one attached hydrogen (secondary N) is 1. The van der Waals surface area contributed by atoms with Crippen LogP contribution in [0.5, 0.6) is 0 Å². The van der Waals surface area contributed by atoms with Crippen molar-refractivity contribution in [3.63, 3.8) is 0 Å². The van der Waals surface area contributed by atoms with Crippen molar-refractivity contribution in [3.8, 4) is 0 Å². The van der Waals surface area contributed by atoms with E-state index in [1.807, 2.05) is 18.0 Å². The Labute approximate surface area is 112 Å². The van der Waals surface area contributed by atoms with E-state index >= 15 is 0 Å². The Morgan fingerprint density at radius 3 is 2.78 bits per heavy atom. The van der Waals surface area contributed by atoms with Crippen LogP contribution in [-0.2, 0) is 13.1 Å². The third-order valence-electron chi connectivity index (χ3n) is 2.76. The monoisotopic (exact) mass is 264 g/mol. The van der Waals surface area contributed by atoms with Gasteiger partial charge >= 0.3 is 0 Å². The van der Waals surface area contributed by atoms with Crippen LogP contribution in [0.25, 0.3) is 0 Å². The number of imidazole rings is 1. The van der Waals surface area contributed by atoms with Crippen LogP contribution < -0.4 is 5.32 Å². The van der Waals surface area contributed by atoms with Crippen LogP contribution in [0.4, 0.5) is 0 Å². The van der Waals surface area contributed by atoms with Gasteiger partial charge in [0.15, 0.2) is 0 Å². The lowest BCUT2D eigenvalue weighted by atomic mass is 10.1. The normalized spacial score (nSPS) is 12.0. The third-order valence-corrected chi connectivity index (χ3v) is 3.68. The molecule has 0 aliphatic carbocycles. The van der Waals surface area contributed by atoms with Gasteiger partial charge in [-0.15, -0.1) is 11.3 Å². The molecule has 0 atom stereocenters. The lowest BCUT2D eigenvalue weighted by molar-refractivity contribution is 0.417. The molecule has 0 aromatic carbocycles. The number of thiazole rings is 1. The number of hydrogen-bond acceptors (Lipinski definition) is 4. The minimum atomic E-state index is 0.121. The van der Waals surface area contributed by atoms with Gasteiger partial charge < -0.3 is 9.88 Å². The summed E-state index contributed by atoms with van der Waals surface area (Å²) >= 11 is 1.70. The Hall–Kier alpha value is -1.20. The molecule has 0 radical (unpaired) electrons. The van der Waals surface area contributed by atoms with Crippen LogP contribution in [0.1, 0.15) is 37.0 Å². The molecule has 0 spiro atoms. The van der Waals surface area contributed by atoms with Crippen molar-refractivity contribution in [2.75, 3.05) is 0 Å². The van der Waals surface area contributed by atoms with Crippen LogP contribution in [0.3, 0.4) is 0 Å². The lowest BCUT2D eigenvalue weighted by Crippen LogP contribution is -2.35. The largest absolute Gasteiger partial charge is 0.328 e. The van der Waals surface area contributed by atoms with Crippen molar-refractivity contribution in [1.82, 2.24) is 19.9 Å². The van der Waals surface area contributed by atoms with Gasteiger partial charge in [0.25, 0.3) is 0 Å². The van der Waals surface area contributed by atoms with Crippen molar-refractivity contribution in [2.45, 2.75) is 46.3 Å². The molecule has 4 nitrogen and oxygen atoms in total. The molecule has 0 aliphatic heterocycles. The van der Waals surface area contributed by atoms with E-state index in [0.717, 1.165) is 18.8 Å². The quantitative estimate of drug-likeness (QED) is 0.923. The summed E-state index contributed by atoms with van der Waals surface area (Å²) < 4.78 is 2.18. The highest BCUT2D eigenvalue weighted by Crippen LogP contribution is 2.15. The number of aromatic nitrogens is 3. The molecule has 0 amide bonds. The first-order valence-electron chi connectivity index (χ1n) is 6.09. The van der Waals surface area contributed by atoms with Crippen molar-refractivity contribution in [1.29, 1.82) is 0 Å². The molecule has 0 unspecified atom stereocenters. The van der Waals surface area contributed by atoms with Crippen LogP contribution in [0.15, 0.2) is 18.0 Å². The van der Waals surface area contributed by atoms with Gasteiger partial charge in [0.05, 0.1) is 29.8 Å². The molecule has 1 N–H and O–H groups in total. The summed E-state index contributed by atoms with van der Waals surface area (Å²) in [6, 6.07) is 0. The molecule has 2 aromatic rings. The van der Waals surface area contributed by atoms with Crippen LogP contribution in [-0.4, -0.2) is 20.1 Å². The van der Waals surface area contributed by atoms with Gasteiger partial charge in [-0.2, -0.15) is 0 Å². The van der Waals surface area contributed by atoms with Gasteiger partial charge in [0.1, 0.15) is 0 Å². The predicted octanol–water partition coefficient (Wildman–Crippen LogP) is 2.58. The van der Waals surface area contributed by atoms with Crippen LogP contribution in [0, 0.1) is 6.92 Å². The van der Waals surface area contributed by atoms with E-state index in [1.165, 1.54) is 10.6 Å². The zero-order chi connectivity index (χ0) is 13.2. The van der Waals surface area contributed by atoms with Gasteiger partial charge in [-0.1, -0.05) is 0 Å². The molecule has 0 saturated heterocycles. The van der Waals surface area contributed by atoms with Gasteiger partial charge in [0, 0.05) is 23.2 Å². The molecule has 2 rings (SSSR count). The zero-order valence-electron chi connectivity index (χ0n) is 11.4. The second-order valence-corrected chi connectivity index (χ2v) is 6.42. The zero-order valence-corrected chi connectivity index (χ0v) is 12.2. The van der Waals surface area contributed by atoms with Crippen LogP contribution >= 0.6 is 11.3 Å². The predicted molar refractivity (Wildman–Crippen MR) is 74.8 cm³/mol. The minimum absolute atomic E-state index is 0.121. The minimum Gasteiger partial charge on any atom is -0.328 e. The molecule has 0 aliphatic rings. The fourth-order valence-corrected chi connectivity index (χ4v) is 2.40. The summed E-state index contributed by atoms with van der Waals surface area (Å²) in [5.41, 5.74) is 4.34. The molecule has 5 heteroatoms. The molecule has 18 heavy (non-hydrogen) atoms. The summed E-state index contributed by atoms with van der Waals surface area (Å²) in [5.74, 6) is 0. The van der Waals surface area contributed by atoms with E-state index in [4.69, 9.17) is 0 Å². The lowest BCUT2D eigenvalue weighted by Gasteiger charge is -2.20. The highest BCUT2D eigenvalue weighted by molar-refractivity contribution is 7.09. The van der Waals surface area contributed by atoms with Gasteiger partial charge in [0.2, 0.25) is 0 Å². The molecule has 2 aromatic heterocycles. The van der Waals surface area contributed by atoms with E-state index in [9.17, 15) is 0 Å². The maximum atomic E-state index is 4.28. The Morgan fingerprint density at radius 1 is 1.39 bits per heavy atom. The SMILES string of the molecule is Cc1ncsc1Cn1cncc1CNC(C)(C)C. The smallest absolute Gasteiger partial charge is 0.0952 e. The van der Waals surface area contributed by atoms with Crippen molar-refractivity contribution in [3.05, 3.63) is 34.3 Å². The Kier molecular flexibility index (Phi) is 3.82. The maximum absolute atomic E-state index is 4.28. The summed E-state index contributed by atoms with van der Waals surface area (Å²) in [6.45, 7) is 10.2. The highest BCUT2D eigenvalue weighted by Gasteiger charge is 2.11. The number of nitrogens with zero attached hydrogens (tertiary/aromatic N) is 3. The first-order valence-corrected chi connectivity index (χ1v) is 6.97. The van der Waals surface area contributed by atoms with E-state index in [0.29, 0.717) is 0 Å². The maximum Gasteiger partial charge on any atom is 0.0952 e. The van der Waals surface area contributed by atoms with Gasteiger partial charge in [-0.05, 0) is 27.7 Å². The average Bonchev–Trinajstić information content (AvgIpc) is 2.86. The molecule has 0 saturated carbocycles. The standard InChI is InChI=1S/C13H20N4S/c1-10-12(18-9-15-10)7-17-8-14-5-11(17)6-16-13(2,3)4/h5,8-9,16H,6-7H2,1-4H3. The van der Waals surface area contributed by atoms with Crippen molar-refractivity contribution >= 4 is 11.3 Å². The molecule has 0 fully saturated rings. The second kappa shape index (κ2) is 5.20. The average molecular weight is 264 g/mol. The number of hydrogen-bond donors (Lipinski definition) is 1. The third kappa shape index (κ3) is 3.40. The highest BCUT2D eigenvalue weighted by atomic mass is 32.1. The first kappa shape index (κ1) is 13.2. The first-order chi connectivity index (χ1) is 8.46. The fraction of sp³-hybridized carbons (Fsp3) is 0.538. The summed E-state index contributed by atoms with van der Waals surface area (Å²) in [6.07, 6.45) is 3.81. The fourth-order valence-electron chi connectivity index (χ4n) is 1.63. The molecule has 2 heterocycles. The van der Waals surface area contributed by atoms with Gasteiger partial charge in [-0.3, -0.25) is 0 Å². The topological polar surface area (TPSA) is 42.7 Å². The molecule has 98 valence electrons. The molecular formula is C13H20N4S. The van der Waals surface area contributed by atoms with Gasteiger partial charge in [-0.25, -0.2) is 9.97 Å². The Bertz CT molecular complexity index is 507. The summed E-state index contributed by atoms with van der Waals surface area (Å²) in [4.78, 5) is 9.82. The van der Waals surface area contributed by atoms with E-state index in [-0.39, 0.29) is 5.54 Å². The van der Waals surface area contributed by atoms with E-state index in [2.05, 4.69) is 47.5 Å². The summed E-state index contributed by atoms with van der Waals surface area (Å²) in [7, 11) is 0. The summed E-state index contributed by atoms with van der Waals surface area (Å²) in [5, 5.41) is 3.49. The van der Waals surface area contributed by atoms with E-state index < -0.39 is 0 Å². The van der Waals surface area contributed by atoms with Crippen molar-refractivity contribution < 1.29 is 0 Å². The Balaban J connectivity index is 2.06. The van der Waals surface area contributed by atoms with E-state index in [1.54, 1.807) is 11.3 Å². The van der Waals surface area contributed by atoms with Crippen LogP contribution in [0.2, 0.25) is 0 Å². The Morgan fingerprint density at radius 2 is 2.17 bits per heavy atom. The molecule has 0 bridgehead atoms. The second-order valence-electron chi connectivity index (χ2n) is 5.48. The number of aryl methyl sites for hydroxylation is 1. The molecular weight excluding hydrogens is 244 g/mol. The van der Waals surface area contributed by atoms with Crippen molar-refractivity contribution in [2.24, 2.45) is 0 Å².